The first-order chi connectivity index (χ1) is 14.5. The van der Waals surface area contributed by atoms with E-state index in [2.05, 4.69) is 0 Å². The van der Waals surface area contributed by atoms with Gasteiger partial charge in [0.1, 0.15) is 11.5 Å². The van der Waals surface area contributed by atoms with Crippen LogP contribution in [0.2, 0.25) is 0 Å². The van der Waals surface area contributed by atoms with Gasteiger partial charge in [0.2, 0.25) is 6.23 Å². The van der Waals surface area contributed by atoms with Crippen LogP contribution < -0.4 is 9.47 Å². The van der Waals surface area contributed by atoms with Crippen molar-refractivity contribution >= 4 is 5.71 Å². The Morgan fingerprint density at radius 3 is 2.67 bits per heavy atom. The molecule has 0 aromatic heterocycles. The normalized spacial score (nSPS) is 19.5. The van der Waals surface area contributed by atoms with Crippen LogP contribution >= 0.6 is 0 Å². The summed E-state index contributed by atoms with van der Waals surface area (Å²) in [6.45, 7) is 1.99. The van der Waals surface area contributed by atoms with Crippen molar-refractivity contribution in [3.8, 4) is 23.0 Å². The van der Waals surface area contributed by atoms with Crippen molar-refractivity contribution in [3.63, 3.8) is 0 Å². The lowest BCUT2D eigenvalue weighted by molar-refractivity contribution is -0.0191. The monoisotopic (exact) mass is 402 g/mol. The van der Waals surface area contributed by atoms with E-state index in [1.165, 1.54) is 7.11 Å². The first-order valence-electron chi connectivity index (χ1n) is 9.83. The molecule has 0 radical (unpaired) electrons. The molecule has 30 heavy (non-hydrogen) atoms. The number of hydrogen-bond acceptors (Lipinski definition) is 6. The number of aryl methyl sites for hydroxylation is 1. The Labute approximate surface area is 174 Å². The smallest absolute Gasteiger partial charge is 0.214 e. The van der Waals surface area contributed by atoms with Crippen molar-refractivity contribution in [1.82, 2.24) is 5.01 Å². The summed E-state index contributed by atoms with van der Waals surface area (Å²) in [7, 11) is 1.52. The van der Waals surface area contributed by atoms with Crippen molar-refractivity contribution in [1.29, 1.82) is 0 Å². The highest BCUT2D eigenvalue weighted by atomic mass is 16.5. The molecule has 0 aliphatic carbocycles. The zero-order valence-electron chi connectivity index (χ0n) is 16.7. The van der Waals surface area contributed by atoms with Gasteiger partial charge < -0.3 is 19.7 Å². The lowest BCUT2D eigenvalue weighted by Crippen LogP contribution is -2.33. The van der Waals surface area contributed by atoms with Crippen LogP contribution in [0.15, 0.2) is 65.8 Å². The van der Waals surface area contributed by atoms with Gasteiger partial charge in [-0.1, -0.05) is 29.8 Å². The average molecular weight is 402 g/mol. The zero-order valence-corrected chi connectivity index (χ0v) is 16.7. The number of fused-ring (bicyclic) bond motifs is 3. The van der Waals surface area contributed by atoms with Gasteiger partial charge in [0.15, 0.2) is 11.5 Å². The second kappa shape index (κ2) is 6.99. The predicted octanol–water partition coefficient (Wildman–Crippen LogP) is 4.66. The number of rotatable bonds is 3. The van der Waals surface area contributed by atoms with E-state index in [0.717, 1.165) is 33.7 Å². The van der Waals surface area contributed by atoms with Crippen LogP contribution in [-0.2, 0) is 0 Å². The number of benzene rings is 3. The van der Waals surface area contributed by atoms with Crippen LogP contribution in [0.25, 0.3) is 0 Å². The van der Waals surface area contributed by atoms with Crippen molar-refractivity contribution < 1.29 is 19.7 Å². The van der Waals surface area contributed by atoms with E-state index in [1.54, 1.807) is 18.2 Å². The first kappa shape index (κ1) is 18.4. The maximum atomic E-state index is 10.4. The number of aromatic hydroxyl groups is 2. The number of phenols is 2. The third-order valence-electron chi connectivity index (χ3n) is 5.65. The van der Waals surface area contributed by atoms with Gasteiger partial charge in [-0.05, 0) is 43.3 Å². The number of ether oxygens (including phenoxy) is 2. The van der Waals surface area contributed by atoms with E-state index in [4.69, 9.17) is 14.6 Å². The average Bonchev–Trinajstić information content (AvgIpc) is 3.20. The Bertz CT molecular complexity index is 1160. The summed E-state index contributed by atoms with van der Waals surface area (Å²) in [6, 6.07) is 18.7. The number of nitrogens with zero attached hydrogens (tertiary/aromatic N) is 2. The molecule has 6 nitrogen and oxygen atoms in total. The van der Waals surface area contributed by atoms with Gasteiger partial charge >= 0.3 is 0 Å². The van der Waals surface area contributed by atoms with E-state index in [-0.39, 0.29) is 17.5 Å². The van der Waals surface area contributed by atoms with Gasteiger partial charge in [0.25, 0.3) is 0 Å². The predicted molar refractivity (Wildman–Crippen MR) is 113 cm³/mol. The minimum Gasteiger partial charge on any atom is -0.507 e. The standard InChI is InChI=1S/C24H22N2O4/c1-14-7-9-20(27)17(11-14)18-13-19-16-5-3-4-6-22(16)30-24(26(19)25-18)15-8-10-23(29-2)21(28)12-15/h3-12,19,24,27-28H,13H2,1-2H3. The molecule has 3 aromatic carbocycles. The molecule has 2 aliphatic heterocycles. The molecule has 2 unspecified atom stereocenters. The molecule has 0 amide bonds. The van der Waals surface area contributed by atoms with Crippen molar-refractivity contribution in [3.05, 3.63) is 82.9 Å². The Hall–Kier alpha value is -3.67. The highest BCUT2D eigenvalue weighted by molar-refractivity contribution is 6.04. The van der Waals surface area contributed by atoms with Gasteiger partial charge in [-0.25, -0.2) is 5.01 Å². The lowest BCUT2D eigenvalue weighted by Gasteiger charge is -2.38. The van der Waals surface area contributed by atoms with E-state index < -0.39 is 6.23 Å². The summed E-state index contributed by atoms with van der Waals surface area (Å²) in [5, 5.41) is 27.5. The summed E-state index contributed by atoms with van der Waals surface area (Å²) in [5.41, 5.74) is 4.43. The topological polar surface area (TPSA) is 74.5 Å². The zero-order chi connectivity index (χ0) is 20.8. The van der Waals surface area contributed by atoms with Gasteiger partial charge in [-0.15, -0.1) is 0 Å². The van der Waals surface area contributed by atoms with Gasteiger partial charge in [-0.3, -0.25) is 0 Å². The number of methoxy groups -OCH3 is 1. The minimum atomic E-state index is -0.508. The van der Waals surface area contributed by atoms with E-state index in [0.29, 0.717) is 12.2 Å². The fourth-order valence-corrected chi connectivity index (χ4v) is 4.16. The number of hydrazone groups is 1. The van der Waals surface area contributed by atoms with Crippen molar-refractivity contribution in [2.24, 2.45) is 5.10 Å². The molecule has 6 heteroatoms. The molecular formula is C24H22N2O4. The molecule has 0 spiro atoms. The van der Waals surface area contributed by atoms with Crippen molar-refractivity contribution in [2.45, 2.75) is 25.6 Å². The number of para-hydroxylation sites is 1. The largest absolute Gasteiger partial charge is 0.507 e. The molecule has 0 fully saturated rings. The summed E-state index contributed by atoms with van der Waals surface area (Å²) in [6.07, 6.45) is 0.141. The van der Waals surface area contributed by atoms with E-state index >= 15 is 0 Å². The van der Waals surface area contributed by atoms with Crippen LogP contribution in [0.3, 0.4) is 0 Å². The quantitative estimate of drug-likeness (QED) is 0.667. The van der Waals surface area contributed by atoms with Gasteiger partial charge in [0.05, 0.1) is 18.9 Å². The maximum absolute atomic E-state index is 10.4. The molecule has 0 bridgehead atoms. The fourth-order valence-electron chi connectivity index (χ4n) is 4.16. The van der Waals surface area contributed by atoms with Crippen LogP contribution in [-0.4, -0.2) is 28.0 Å². The molecule has 2 atom stereocenters. The van der Waals surface area contributed by atoms with Crippen LogP contribution in [0.5, 0.6) is 23.0 Å². The Kier molecular flexibility index (Phi) is 4.28. The second-order valence-electron chi connectivity index (χ2n) is 7.61. The molecule has 0 saturated heterocycles. The third-order valence-corrected chi connectivity index (χ3v) is 5.65. The van der Waals surface area contributed by atoms with E-state index in [9.17, 15) is 10.2 Å². The summed E-state index contributed by atoms with van der Waals surface area (Å²) < 4.78 is 11.5. The molecule has 3 aromatic rings. The molecule has 2 heterocycles. The molecule has 152 valence electrons. The van der Waals surface area contributed by atoms with Crippen LogP contribution in [0, 0.1) is 6.92 Å². The molecule has 2 N–H and O–H groups in total. The van der Waals surface area contributed by atoms with Gasteiger partial charge in [-0.2, -0.15) is 5.10 Å². The van der Waals surface area contributed by atoms with Crippen LogP contribution in [0.4, 0.5) is 0 Å². The summed E-state index contributed by atoms with van der Waals surface area (Å²) >= 11 is 0. The third kappa shape index (κ3) is 2.92. The number of hydrogen-bond donors (Lipinski definition) is 2. The Morgan fingerprint density at radius 1 is 1.03 bits per heavy atom. The Balaban J connectivity index is 1.61. The fraction of sp³-hybridized carbons (Fsp3) is 0.208. The Morgan fingerprint density at radius 2 is 1.87 bits per heavy atom. The van der Waals surface area contributed by atoms with Gasteiger partial charge in [0, 0.05) is 23.1 Å². The van der Waals surface area contributed by atoms with Crippen LogP contribution in [0.1, 0.15) is 40.9 Å². The maximum Gasteiger partial charge on any atom is 0.214 e. The number of phenolic OH excluding ortho intramolecular Hbond substituents is 2. The molecule has 2 aliphatic rings. The highest BCUT2D eigenvalue weighted by Gasteiger charge is 2.41. The highest BCUT2D eigenvalue weighted by Crippen LogP contribution is 2.48. The first-order valence-corrected chi connectivity index (χ1v) is 9.83. The summed E-state index contributed by atoms with van der Waals surface area (Å²) in [5.74, 6) is 1.46. The minimum absolute atomic E-state index is 0.0286. The summed E-state index contributed by atoms with van der Waals surface area (Å²) in [4.78, 5) is 0. The molecular weight excluding hydrogens is 380 g/mol. The van der Waals surface area contributed by atoms with E-state index in [1.807, 2.05) is 54.4 Å². The lowest BCUT2D eigenvalue weighted by atomic mass is 9.95. The SMILES string of the molecule is COc1ccc(C2Oc3ccccc3C3CC(c4cc(C)ccc4O)=NN32)cc1O. The van der Waals surface area contributed by atoms with Crippen molar-refractivity contribution in [2.75, 3.05) is 7.11 Å². The second-order valence-corrected chi connectivity index (χ2v) is 7.61. The molecule has 5 rings (SSSR count). The molecule has 0 saturated carbocycles.